The number of alkyl halides is 1. The van der Waals surface area contributed by atoms with Gasteiger partial charge in [0.05, 0.1) is 12.0 Å². The third kappa shape index (κ3) is 3.96. The summed E-state index contributed by atoms with van der Waals surface area (Å²) in [5.74, 6) is -0.169. The molecule has 2 nitrogen and oxygen atoms in total. The molecule has 72 valence electrons. The van der Waals surface area contributed by atoms with Crippen molar-refractivity contribution in [1.29, 1.82) is 0 Å². The van der Waals surface area contributed by atoms with Crippen LogP contribution < -0.4 is 0 Å². The van der Waals surface area contributed by atoms with E-state index < -0.39 is 5.41 Å². The molecule has 0 fully saturated rings. The van der Waals surface area contributed by atoms with E-state index in [0.717, 1.165) is 0 Å². The third-order valence-electron chi connectivity index (χ3n) is 1.62. The van der Waals surface area contributed by atoms with Crippen LogP contribution in [-0.4, -0.2) is 18.0 Å². The molecule has 0 aliphatic carbocycles. The first-order valence-electron chi connectivity index (χ1n) is 4.21. The van der Waals surface area contributed by atoms with E-state index in [2.05, 4.69) is 0 Å². The van der Waals surface area contributed by atoms with Crippen LogP contribution in [-0.2, 0) is 9.53 Å². The second-order valence-corrected chi connectivity index (χ2v) is 4.33. The smallest absolute Gasteiger partial charge is 0.311 e. The van der Waals surface area contributed by atoms with Crippen molar-refractivity contribution >= 4 is 17.6 Å². The molecule has 0 heterocycles. The van der Waals surface area contributed by atoms with Crippen LogP contribution in [0.25, 0.3) is 0 Å². The summed E-state index contributed by atoms with van der Waals surface area (Å²) in [6, 6.07) is 0. The molecule has 0 bridgehead atoms. The van der Waals surface area contributed by atoms with Gasteiger partial charge in [0.1, 0.15) is 0 Å². The van der Waals surface area contributed by atoms with Crippen molar-refractivity contribution in [1.82, 2.24) is 0 Å². The molecule has 0 aromatic heterocycles. The molecule has 0 radical (unpaired) electrons. The summed E-state index contributed by atoms with van der Waals surface area (Å²) >= 11 is 5.80. The molecule has 0 aliphatic rings. The molecule has 0 rings (SSSR count). The number of esters is 1. The summed E-state index contributed by atoms with van der Waals surface area (Å²) in [6.45, 7) is 7.81. The number of rotatable bonds is 4. The van der Waals surface area contributed by atoms with Crippen molar-refractivity contribution in [3.05, 3.63) is 0 Å². The Morgan fingerprint density at radius 1 is 1.58 bits per heavy atom. The van der Waals surface area contributed by atoms with Gasteiger partial charge >= 0.3 is 5.97 Å². The molecule has 0 aliphatic heterocycles. The average Bonchev–Trinajstić information content (AvgIpc) is 1.85. The van der Waals surface area contributed by atoms with Crippen molar-refractivity contribution in [3.8, 4) is 0 Å². The molecular weight excluding hydrogens is 176 g/mol. The third-order valence-corrected chi connectivity index (χ3v) is 1.77. The highest BCUT2D eigenvalue weighted by molar-refractivity contribution is 6.20. The summed E-state index contributed by atoms with van der Waals surface area (Å²) in [7, 11) is 0. The summed E-state index contributed by atoms with van der Waals surface area (Å²) in [5, 5.41) is 0.00408. The first kappa shape index (κ1) is 11.8. The van der Waals surface area contributed by atoms with Gasteiger partial charge in [0.25, 0.3) is 0 Å². The minimum atomic E-state index is -0.461. The highest BCUT2D eigenvalue weighted by atomic mass is 35.5. The van der Waals surface area contributed by atoms with Gasteiger partial charge in [-0.05, 0) is 34.1 Å². The van der Waals surface area contributed by atoms with Gasteiger partial charge in [0.2, 0.25) is 0 Å². The zero-order valence-corrected chi connectivity index (χ0v) is 8.94. The summed E-state index contributed by atoms with van der Waals surface area (Å²) in [6.07, 6.45) is 0.646. The first-order chi connectivity index (χ1) is 5.40. The molecule has 0 spiro atoms. The summed E-state index contributed by atoms with van der Waals surface area (Å²) in [5.41, 5.74) is -0.461. The molecule has 1 atom stereocenters. The summed E-state index contributed by atoms with van der Waals surface area (Å²) < 4.78 is 4.91. The Balaban J connectivity index is 4.09. The molecule has 3 heteroatoms. The zero-order chi connectivity index (χ0) is 9.78. The van der Waals surface area contributed by atoms with Gasteiger partial charge in [0, 0.05) is 5.38 Å². The molecule has 0 saturated heterocycles. The SMILES string of the molecule is CCOC(=O)C(C)(C)CC(C)Cl. The highest BCUT2D eigenvalue weighted by Crippen LogP contribution is 2.26. The number of ether oxygens (including phenoxy) is 1. The molecule has 0 saturated carbocycles. The Bertz CT molecular complexity index is 153. The van der Waals surface area contributed by atoms with E-state index in [-0.39, 0.29) is 11.3 Å². The molecule has 0 aromatic rings. The highest BCUT2D eigenvalue weighted by Gasteiger charge is 2.30. The average molecular weight is 193 g/mol. The van der Waals surface area contributed by atoms with Gasteiger partial charge in [-0.25, -0.2) is 0 Å². The predicted molar refractivity (Wildman–Crippen MR) is 50.3 cm³/mol. The first-order valence-corrected chi connectivity index (χ1v) is 4.65. The van der Waals surface area contributed by atoms with Gasteiger partial charge in [0.15, 0.2) is 0 Å². The second kappa shape index (κ2) is 4.70. The fraction of sp³-hybridized carbons (Fsp3) is 0.889. The minimum absolute atomic E-state index is 0.00408. The minimum Gasteiger partial charge on any atom is -0.466 e. The zero-order valence-electron chi connectivity index (χ0n) is 8.19. The van der Waals surface area contributed by atoms with Crippen molar-refractivity contribution in [3.63, 3.8) is 0 Å². The Hall–Kier alpha value is -0.240. The number of halogens is 1. The number of hydrogen-bond donors (Lipinski definition) is 0. The van der Waals surface area contributed by atoms with Crippen molar-refractivity contribution in [2.45, 2.75) is 39.5 Å². The fourth-order valence-corrected chi connectivity index (χ4v) is 1.50. The Morgan fingerprint density at radius 2 is 2.08 bits per heavy atom. The monoisotopic (exact) mass is 192 g/mol. The lowest BCUT2D eigenvalue weighted by molar-refractivity contribution is -0.153. The van der Waals surface area contributed by atoms with E-state index in [9.17, 15) is 4.79 Å². The molecular formula is C9H17ClO2. The van der Waals surface area contributed by atoms with E-state index in [1.807, 2.05) is 20.8 Å². The number of carbonyl (C=O) groups excluding carboxylic acids is 1. The van der Waals surface area contributed by atoms with Crippen LogP contribution in [0.15, 0.2) is 0 Å². The van der Waals surface area contributed by atoms with Gasteiger partial charge in [-0.2, -0.15) is 0 Å². The van der Waals surface area contributed by atoms with E-state index in [4.69, 9.17) is 16.3 Å². The van der Waals surface area contributed by atoms with Crippen molar-refractivity contribution < 1.29 is 9.53 Å². The van der Waals surface area contributed by atoms with Crippen LogP contribution in [0.3, 0.4) is 0 Å². The maximum atomic E-state index is 11.3. The maximum absolute atomic E-state index is 11.3. The van der Waals surface area contributed by atoms with Crippen LogP contribution >= 0.6 is 11.6 Å². The van der Waals surface area contributed by atoms with Gasteiger partial charge in [-0.3, -0.25) is 4.79 Å². The lowest BCUT2D eigenvalue weighted by Crippen LogP contribution is -2.28. The van der Waals surface area contributed by atoms with Crippen LogP contribution in [0, 0.1) is 5.41 Å². The van der Waals surface area contributed by atoms with Gasteiger partial charge < -0.3 is 4.74 Å². The van der Waals surface area contributed by atoms with E-state index in [0.29, 0.717) is 13.0 Å². The second-order valence-electron chi connectivity index (χ2n) is 3.59. The lowest BCUT2D eigenvalue weighted by atomic mass is 9.88. The van der Waals surface area contributed by atoms with Crippen molar-refractivity contribution in [2.75, 3.05) is 6.61 Å². The van der Waals surface area contributed by atoms with Crippen LogP contribution in [0.1, 0.15) is 34.1 Å². The molecule has 1 unspecified atom stereocenters. The van der Waals surface area contributed by atoms with Gasteiger partial charge in [-0.1, -0.05) is 0 Å². The molecule has 0 N–H and O–H groups in total. The normalized spacial score (nSPS) is 14.1. The van der Waals surface area contributed by atoms with E-state index >= 15 is 0 Å². The van der Waals surface area contributed by atoms with E-state index in [1.165, 1.54) is 0 Å². The standard InChI is InChI=1S/C9H17ClO2/c1-5-12-8(11)9(3,4)6-7(2)10/h7H,5-6H2,1-4H3. The molecule has 0 amide bonds. The van der Waals surface area contributed by atoms with E-state index in [1.54, 1.807) is 6.92 Å². The molecule has 0 aromatic carbocycles. The van der Waals surface area contributed by atoms with Gasteiger partial charge in [-0.15, -0.1) is 11.6 Å². The number of carbonyl (C=O) groups is 1. The maximum Gasteiger partial charge on any atom is 0.311 e. The Kier molecular flexibility index (Phi) is 4.61. The Labute approximate surface area is 79.2 Å². The topological polar surface area (TPSA) is 26.3 Å². The van der Waals surface area contributed by atoms with Crippen LogP contribution in [0.5, 0.6) is 0 Å². The largest absolute Gasteiger partial charge is 0.466 e. The quantitative estimate of drug-likeness (QED) is 0.506. The molecule has 12 heavy (non-hydrogen) atoms. The lowest BCUT2D eigenvalue weighted by Gasteiger charge is -2.23. The fourth-order valence-electron chi connectivity index (χ4n) is 1.11. The summed E-state index contributed by atoms with van der Waals surface area (Å²) in [4.78, 5) is 11.3. The van der Waals surface area contributed by atoms with Crippen LogP contribution in [0.2, 0.25) is 0 Å². The van der Waals surface area contributed by atoms with Crippen molar-refractivity contribution in [2.24, 2.45) is 5.41 Å². The van der Waals surface area contributed by atoms with Crippen LogP contribution in [0.4, 0.5) is 0 Å². The Morgan fingerprint density at radius 3 is 2.42 bits per heavy atom. The number of hydrogen-bond acceptors (Lipinski definition) is 2. The predicted octanol–water partition coefficient (Wildman–Crippen LogP) is 2.59.